The highest BCUT2D eigenvalue weighted by molar-refractivity contribution is 7.13. The molecule has 9 heteroatoms. The third-order valence-electron chi connectivity index (χ3n) is 4.35. The molecule has 0 bridgehead atoms. The highest BCUT2D eigenvalue weighted by atomic mass is 32.1. The number of carbonyl (C=O) groups excluding carboxylic acids is 1. The van der Waals surface area contributed by atoms with Crippen molar-refractivity contribution in [3.8, 4) is 16.3 Å². The van der Waals surface area contributed by atoms with E-state index in [1.165, 1.54) is 17.4 Å². The highest BCUT2D eigenvalue weighted by Gasteiger charge is 2.30. The van der Waals surface area contributed by atoms with Crippen molar-refractivity contribution in [2.24, 2.45) is 0 Å². The minimum absolute atomic E-state index is 0.0236. The number of nitrogens with zero attached hydrogens (tertiary/aromatic N) is 2. The van der Waals surface area contributed by atoms with Crippen LogP contribution in [0.25, 0.3) is 10.6 Å². The molecule has 0 fully saturated rings. The van der Waals surface area contributed by atoms with Gasteiger partial charge in [0.05, 0.1) is 11.1 Å². The van der Waals surface area contributed by atoms with Gasteiger partial charge < -0.3 is 15.0 Å². The van der Waals surface area contributed by atoms with E-state index in [0.29, 0.717) is 34.1 Å². The van der Waals surface area contributed by atoms with Gasteiger partial charge in [-0.1, -0.05) is 24.3 Å². The monoisotopic (exact) mass is 449 g/mol. The molecule has 3 rings (SSSR count). The minimum atomic E-state index is -4.40. The number of carbonyl (C=O) groups is 1. The molecule has 0 atom stereocenters. The SMILES string of the molecule is CN(C)CCNC(=O)c1csc(-c2ccccc2OCc2cccc(C(F)(F)F)c2)n1. The average molecular weight is 449 g/mol. The largest absolute Gasteiger partial charge is 0.488 e. The van der Waals surface area contributed by atoms with Crippen molar-refractivity contribution in [3.05, 3.63) is 70.7 Å². The van der Waals surface area contributed by atoms with E-state index < -0.39 is 11.7 Å². The molecule has 3 aromatic rings. The zero-order chi connectivity index (χ0) is 22.4. The fourth-order valence-corrected chi connectivity index (χ4v) is 3.58. The number of aromatic nitrogens is 1. The fraction of sp³-hybridized carbons (Fsp3) is 0.273. The van der Waals surface area contributed by atoms with Gasteiger partial charge in [0.2, 0.25) is 0 Å². The number of para-hydroxylation sites is 1. The number of nitrogens with one attached hydrogen (secondary N) is 1. The maximum atomic E-state index is 12.9. The molecule has 0 saturated heterocycles. The van der Waals surface area contributed by atoms with Gasteiger partial charge in [0.25, 0.3) is 5.91 Å². The van der Waals surface area contributed by atoms with Gasteiger partial charge in [-0.3, -0.25) is 4.79 Å². The molecule has 1 heterocycles. The van der Waals surface area contributed by atoms with Crippen molar-refractivity contribution >= 4 is 17.2 Å². The second-order valence-electron chi connectivity index (χ2n) is 7.08. The first kappa shape index (κ1) is 22.8. The molecular formula is C22H22F3N3O2S. The number of halogens is 3. The Balaban J connectivity index is 1.71. The van der Waals surface area contributed by atoms with E-state index in [4.69, 9.17) is 4.74 Å². The first-order chi connectivity index (χ1) is 14.7. The van der Waals surface area contributed by atoms with Crippen LogP contribution in [-0.4, -0.2) is 43.0 Å². The molecule has 0 aliphatic carbocycles. The lowest BCUT2D eigenvalue weighted by molar-refractivity contribution is -0.137. The predicted molar refractivity (Wildman–Crippen MR) is 114 cm³/mol. The Morgan fingerprint density at radius 3 is 2.68 bits per heavy atom. The Kier molecular flexibility index (Phi) is 7.29. The number of amides is 1. The van der Waals surface area contributed by atoms with Gasteiger partial charge in [-0.05, 0) is 43.9 Å². The van der Waals surface area contributed by atoms with E-state index >= 15 is 0 Å². The fourth-order valence-electron chi connectivity index (χ4n) is 2.75. The van der Waals surface area contributed by atoms with Crippen molar-refractivity contribution in [1.29, 1.82) is 0 Å². The standard InChI is InChI=1S/C22H22F3N3O2S/c1-28(2)11-10-26-20(29)18-14-31-21(27-18)17-8-3-4-9-19(17)30-13-15-6-5-7-16(12-15)22(23,24)25/h3-9,12,14H,10-11,13H2,1-2H3,(H,26,29). The summed E-state index contributed by atoms with van der Waals surface area (Å²) >= 11 is 1.30. The zero-order valence-electron chi connectivity index (χ0n) is 17.1. The maximum absolute atomic E-state index is 12.9. The van der Waals surface area contributed by atoms with Gasteiger partial charge in [0.1, 0.15) is 23.1 Å². The number of alkyl halides is 3. The molecular weight excluding hydrogens is 427 g/mol. The van der Waals surface area contributed by atoms with Gasteiger partial charge in [-0.2, -0.15) is 13.2 Å². The molecule has 0 unspecified atom stereocenters. The number of benzene rings is 2. The van der Waals surface area contributed by atoms with Gasteiger partial charge in [0, 0.05) is 18.5 Å². The molecule has 1 N–H and O–H groups in total. The Labute approximate surface area is 182 Å². The summed E-state index contributed by atoms with van der Waals surface area (Å²) < 4.78 is 44.6. The first-order valence-corrected chi connectivity index (χ1v) is 10.4. The summed E-state index contributed by atoms with van der Waals surface area (Å²) in [6.07, 6.45) is -4.40. The van der Waals surface area contributed by atoms with Crippen LogP contribution in [0.5, 0.6) is 5.75 Å². The molecule has 5 nitrogen and oxygen atoms in total. The normalized spacial score (nSPS) is 11.5. The van der Waals surface area contributed by atoms with E-state index in [0.717, 1.165) is 18.7 Å². The number of rotatable bonds is 8. The Hall–Kier alpha value is -2.91. The van der Waals surface area contributed by atoms with Crippen LogP contribution in [0.1, 0.15) is 21.6 Å². The lowest BCUT2D eigenvalue weighted by Crippen LogP contribution is -2.31. The van der Waals surface area contributed by atoms with E-state index in [-0.39, 0.29) is 12.5 Å². The zero-order valence-corrected chi connectivity index (χ0v) is 17.9. The maximum Gasteiger partial charge on any atom is 0.416 e. The molecule has 0 aliphatic heterocycles. The first-order valence-electron chi connectivity index (χ1n) is 9.51. The third kappa shape index (κ3) is 6.28. The summed E-state index contributed by atoms with van der Waals surface area (Å²) in [5.74, 6) is 0.223. The van der Waals surface area contributed by atoms with Crippen LogP contribution in [-0.2, 0) is 12.8 Å². The summed E-state index contributed by atoms with van der Waals surface area (Å²) in [5, 5.41) is 5.08. The summed E-state index contributed by atoms with van der Waals surface area (Å²) in [5.41, 5.74) is 0.676. The molecule has 0 aliphatic rings. The second kappa shape index (κ2) is 9.93. The molecule has 2 aromatic carbocycles. The van der Waals surface area contributed by atoms with E-state index in [1.54, 1.807) is 29.6 Å². The molecule has 1 amide bonds. The van der Waals surface area contributed by atoms with Crippen molar-refractivity contribution < 1.29 is 22.7 Å². The average Bonchev–Trinajstić information content (AvgIpc) is 3.22. The highest BCUT2D eigenvalue weighted by Crippen LogP contribution is 2.33. The Morgan fingerprint density at radius 1 is 1.16 bits per heavy atom. The van der Waals surface area contributed by atoms with Gasteiger partial charge in [-0.25, -0.2) is 4.98 Å². The third-order valence-corrected chi connectivity index (χ3v) is 5.22. The lowest BCUT2D eigenvalue weighted by atomic mass is 10.1. The van der Waals surface area contributed by atoms with Gasteiger partial charge in [-0.15, -0.1) is 11.3 Å². The summed E-state index contributed by atoms with van der Waals surface area (Å²) in [6.45, 7) is 1.20. The predicted octanol–water partition coefficient (Wildman–Crippen LogP) is 4.70. The lowest BCUT2D eigenvalue weighted by Gasteiger charge is -2.12. The van der Waals surface area contributed by atoms with Crippen molar-refractivity contribution in [1.82, 2.24) is 15.2 Å². The van der Waals surface area contributed by atoms with Gasteiger partial charge >= 0.3 is 6.18 Å². The Morgan fingerprint density at radius 2 is 1.94 bits per heavy atom. The summed E-state index contributed by atoms with van der Waals surface area (Å²) in [6, 6.07) is 12.1. The van der Waals surface area contributed by atoms with E-state index in [2.05, 4.69) is 10.3 Å². The quantitative estimate of drug-likeness (QED) is 0.542. The van der Waals surface area contributed by atoms with Crippen LogP contribution in [0.15, 0.2) is 53.9 Å². The van der Waals surface area contributed by atoms with Crippen molar-refractivity contribution in [3.63, 3.8) is 0 Å². The summed E-state index contributed by atoms with van der Waals surface area (Å²) in [4.78, 5) is 18.6. The minimum Gasteiger partial charge on any atom is -0.488 e. The van der Waals surface area contributed by atoms with Crippen LogP contribution in [0.4, 0.5) is 13.2 Å². The number of thiazole rings is 1. The van der Waals surface area contributed by atoms with Crippen molar-refractivity contribution in [2.45, 2.75) is 12.8 Å². The molecule has 0 radical (unpaired) electrons. The second-order valence-corrected chi connectivity index (χ2v) is 7.94. The van der Waals surface area contributed by atoms with Crippen molar-refractivity contribution in [2.75, 3.05) is 27.2 Å². The van der Waals surface area contributed by atoms with Crippen LogP contribution in [0, 0.1) is 0 Å². The number of ether oxygens (including phenoxy) is 1. The van der Waals surface area contributed by atoms with E-state index in [9.17, 15) is 18.0 Å². The van der Waals surface area contributed by atoms with Gasteiger partial charge in [0.15, 0.2) is 0 Å². The number of hydrogen-bond donors (Lipinski definition) is 1. The number of likely N-dealkylation sites (N-methyl/N-ethyl adjacent to an activating group) is 1. The molecule has 0 spiro atoms. The molecule has 164 valence electrons. The number of hydrogen-bond acceptors (Lipinski definition) is 5. The molecule has 1 aromatic heterocycles. The Bertz CT molecular complexity index is 1030. The van der Waals surface area contributed by atoms with Crippen LogP contribution < -0.4 is 10.1 Å². The smallest absolute Gasteiger partial charge is 0.416 e. The van der Waals surface area contributed by atoms with Crippen LogP contribution in [0.2, 0.25) is 0 Å². The molecule has 31 heavy (non-hydrogen) atoms. The van der Waals surface area contributed by atoms with Crippen LogP contribution in [0.3, 0.4) is 0 Å². The van der Waals surface area contributed by atoms with Crippen LogP contribution >= 0.6 is 11.3 Å². The topological polar surface area (TPSA) is 54.5 Å². The molecule has 0 saturated carbocycles. The summed E-state index contributed by atoms with van der Waals surface area (Å²) in [7, 11) is 3.84. The van der Waals surface area contributed by atoms with E-state index in [1.807, 2.05) is 25.1 Å².